The van der Waals surface area contributed by atoms with Crippen molar-refractivity contribution in [1.82, 2.24) is 5.32 Å². The van der Waals surface area contributed by atoms with Gasteiger partial charge in [0.25, 0.3) is 0 Å². The Hall–Kier alpha value is -2.56. The van der Waals surface area contributed by atoms with Crippen LogP contribution in [0.3, 0.4) is 0 Å². The molecule has 0 aromatic heterocycles. The van der Waals surface area contributed by atoms with Crippen molar-refractivity contribution >= 4 is 22.6 Å². The number of hydrogen-bond donors (Lipinski definition) is 1. The summed E-state index contributed by atoms with van der Waals surface area (Å²) in [6.07, 6.45) is 0. The highest BCUT2D eigenvalue weighted by atomic mass is 16.5. The van der Waals surface area contributed by atoms with Crippen LogP contribution in [0.4, 0.5) is 0 Å². The molecule has 0 fully saturated rings. The molecule has 0 radical (unpaired) electrons. The van der Waals surface area contributed by atoms with E-state index in [4.69, 9.17) is 9.47 Å². The Kier molecular flexibility index (Phi) is 4.19. The fourth-order valence-electron chi connectivity index (χ4n) is 3.03. The highest BCUT2D eigenvalue weighted by Gasteiger charge is 2.33. The normalized spacial score (nSPS) is 19.6. The zero-order chi connectivity index (χ0) is 16.4. The molecule has 5 nitrogen and oxygen atoms in total. The summed E-state index contributed by atoms with van der Waals surface area (Å²) in [5.74, 6) is 0.182. The summed E-state index contributed by atoms with van der Waals surface area (Å²) in [6, 6.07) is 11.7. The van der Waals surface area contributed by atoms with Crippen molar-refractivity contribution in [2.24, 2.45) is 5.92 Å². The van der Waals surface area contributed by atoms with Gasteiger partial charge in [-0.3, -0.25) is 9.59 Å². The quantitative estimate of drug-likeness (QED) is 0.885. The maximum absolute atomic E-state index is 11.7. The Morgan fingerprint density at radius 2 is 2.00 bits per heavy atom. The molecule has 3 rings (SSSR count). The van der Waals surface area contributed by atoms with Crippen molar-refractivity contribution in [3.63, 3.8) is 0 Å². The number of amides is 1. The molecule has 1 aliphatic heterocycles. The first-order valence-corrected chi connectivity index (χ1v) is 7.61. The number of esters is 1. The molecule has 1 amide bonds. The first-order chi connectivity index (χ1) is 11.1. The highest BCUT2D eigenvalue weighted by Crippen LogP contribution is 2.40. The van der Waals surface area contributed by atoms with Crippen molar-refractivity contribution in [1.29, 1.82) is 0 Å². The third kappa shape index (κ3) is 3.13. The second-order valence-electron chi connectivity index (χ2n) is 5.75. The summed E-state index contributed by atoms with van der Waals surface area (Å²) in [7, 11) is 0. The van der Waals surface area contributed by atoms with Gasteiger partial charge in [0, 0.05) is 19.4 Å². The van der Waals surface area contributed by atoms with E-state index in [0.29, 0.717) is 6.61 Å². The average Bonchev–Trinajstić information content (AvgIpc) is 2.53. The maximum atomic E-state index is 11.7. The minimum Gasteiger partial charge on any atom is -0.493 e. The molecule has 1 N–H and O–H groups in total. The second kappa shape index (κ2) is 6.28. The lowest BCUT2D eigenvalue weighted by Gasteiger charge is -2.34. The largest absolute Gasteiger partial charge is 0.493 e. The Morgan fingerprint density at radius 1 is 1.22 bits per heavy atom. The second-order valence-corrected chi connectivity index (χ2v) is 5.75. The molecule has 5 heteroatoms. The number of hydrogen-bond acceptors (Lipinski definition) is 4. The monoisotopic (exact) mass is 313 g/mol. The van der Waals surface area contributed by atoms with Crippen molar-refractivity contribution in [3.05, 3.63) is 42.0 Å². The predicted molar refractivity (Wildman–Crippen MR) is 86.1 cm³/mol. The molecular weight excluding hydrogens is 294 g/mol. The van der Waals surface area contributed by atoms with Crippen LogP contribution < -0.4 is 10.1 Å². The number of carbonyl (C=O) groups excluding carboxylic acids is 2. The Balaban J connectivity index is 2.05. The van der Waals surface area contributed by atoms with Crippen LogP contribution in [0.5, 0.6) is 5.75 Å². The van der Waals surface area contributed by atoms with E-state index < -0.39 is 0 Å². The molecule has 0 aliphatic carbocycles. The summed E-state index contributed by atoms with van der Waals surface area (Å²) < 4.78 is 11.0. The first kappa shape index (κ1) is 15.3. The van der Waals surface area contributed by atoms with Gasteiger partial charge in [0.15, 0.2) is 0 Å². The van der Waals surface area contributed by atoms with E-state index in [-0.39, 0.29) is 30.4 Å². The molecule has 2 aromatic carbocycles. The van der Waals surface area contributed by atoms with Gasteiger partial charge >= 0.3 is 5.97 Å². The molecule has 0 bridgehead atoms. The topological polar surface area (TPSA) is 64.6 Å². The summed E-state index contributed by atoms with van der Waals surface area (Å²) in [4.78, 5) is 22.8. The number of benzene rings is 2. The van der Waals surface area contributed by atoms with Crippen molar-refractivity contribution in [2.75, 3.05) is 13.2 Å². The number of nitrogens with one attached hydrogen (secondary N) is 1. The average molecular weight is 313 g/mol. The zero-order valence-electron chi connectivity index (χ0n) is 13.2. The Morgan fingerprint density at radius 3 is 2.74 bits per heavy atom. The fourth-order valence-corrected chi connectivity index (χ4v) is 3.03. The summed E-state index contributed by atoms with van der Waals surface area (Å²) in [6.45, 7) is 3.47. The zero-order valence-corrected chi connectivity index (χ0v) is 13.2. The number of ether oxygens (including phenoxy) is 2. The maximum Gasteiger partial charge on any atom is 0.302 e. The van der Waals surface area contributed by atoms with Gasteiger partial charge in [0.1, 0.15) is 5.75 Å². The van der Waals surface area contributed by atoms with Crippen LogP contribution in [0.2, 0.25) is 0 Å². The van der Waals surface area contributed by atoms with Crippen LogP contribution in [0.25, 0.3) is 10.8 Å². The van der Waals surface area contributed by atoms with E-state index in [1.54, 1.807) is 0 Å². The van der Waals surface area contributed by atoms with Crippen LogP contribution in [0.1, 0.15) is 25.5 Å². The lowest BCUT2D eigenvalue weighted by Crippen LogP contribution is -2.40. The first-order valence-electron chi connectivity index (χ1n) is 7.61. The van der Waals surface area contributed by atoms with Crippen LogP contribution in [0, 0.1) is 5.92 Å². The minimum absolute atomic E-state index is 0.122. The molecule has 1 heterocycles. The number of carbonyl (C=O) groups is 2. The van der Waals surface area contributed by atoms with Gasteiger partial charge in [-0.15, -0.1) is 0 Å². The molecule has 2 aromatic rings. The smallest absolute Gasteiger partial charge is 0.302 e. The standard InChI is InChI=1S/C18H19NO4/c1-11(20)19-18-14(9-22-12(2)21)10-23-16-8-7-13-5-3-4-6-15(13)17(16)18/h3-8,14,18H,9-10H2,1-2H3,(H,19,20). The lowest BCUT2D eigenvalue weighted by molar-refractivity contribution is -0.143. The van der Waals surface area contributed by atoms with Gasteiger partial charge in [-0.1, -0.05) is 30.3 Å². The van der Waals surface area contributed by atoms with E-state index in [2.05, 4.69) is 5.32 Å². The van der Waals surface area contributed by atoms with Crippen LogP contribution in [0.15, 0.2) is 36.4 Å². The lowest BCUT2D eigenvalue weighted by atomic mass is 9.87. The van der Waals surface area contributed by atoms with Gasteiger partial charge in [-0.05, 0) is 16.8 Å². The number of fused-ring (bicyclic) bond motifs is 3. The van der Waals surface area contributed by atoms with Crippen molar-refractivity contribution < 1.29 is 19.1 Å². The van der Waals surface area contributed by atoms with E-state index in [1.165, 1.54) is 13.8 Å². The molecular formula is C18H19NO4. The van der Waals surface area contributed by atoms with Crippen molar-refractivity contribution in [2.45, 2.75) is 19.9 Å². The van der Waals surface area contributed by atoms with E-state index in [9.17, 15) is 9.59 Å². The minimum atomic E-state index is -0.338. The van der Waals surface area contributed by atoms with Gasteiger partial charge in [-0.2, -0.15) is 0 Å². The Bertz CT molecular complexity index is 756. The molecule has 120 valence electrons. The fraction of sp³-hybridized carbons (Fsp3) is 0.333. The summed E-state index contributed by atoms with van der Waals surface area (Å²) in [5, 5.41) is 5.11. The highest BCUT2D eigenvalue weighted by molar-refractivity contribution is 5.89. The Labute approximate surface area is 134 Å². The third-order valence-electron chi connectivity index (χ3n) is 4.03. The molecule has 2 unspecified atom stereocenters. The molecule has 1 aliphatic rings. The van der Waals surface area contributed by atoms with Gasteiger partial charge in [-0.25, -0.2) is 0 Å². The molecule has 23 heavy (non-hydrogen) atoms. The van der Waals surface area contributed by atoms with E-state index in [1.807, 2.05) is 36.4 Å². The van der Waals surface area contributed by atoms with Gasteiger partial charge in [0.2, 0.25) is 5.91 Å². The summed E-state index contributed by atoms with van der Waals surface area (Å²) >= 11 is 0. The van der Waals surface area contributed by atoms with Crippen molar-refractivity contribution in [3.8, 4) is 5.75 Å². The van der Waals surface area contributed by atoms with Gasteiger partial charge < -0.3 is 14.8 Å². The third-order valence-corrected chi connectivity index (χ3v) is 4.03. The SMILES string of the molecule is CC(=O)NC1c2c(ccc3ccccc23)OCC1COC(C)=O. The summed E-state index contributed by atoms with van der Waals surface area (Å²) in [5.41, 5.74) is 0.946. The molecule has 0 saturated carbocycles. The van der Waals surface area contributed by atoms with Gasteiger partial charge in [0.05, 0.1) is 25.2 Å². The number of rotatable bonds is 3. The van der Waals surface area contributed by atoms with E-state index >= 15 is 0 Å². The van der Waals surface area contributed by atoms with Crippen LogP contribution >= 0.6 is 0 Å². The molecule has 2 atom stereocenters. The predicted octanol–water partition coefficient (Wildman–Crippen LogP) is 2.59. The van der Waals surface area contributed by atoms with Crippen LogP contribution in [-0.4, -0.2) is 25.1 Å². The van der Waals surface area contributed by atoms with Crippen LogP contribution in [-0.2, 0) is 14.3 Å². The molecule has 0 spiro atoms. The van der Waals surface area contributed by atoms with E-state index in [0.717, 1.165) is 22.1 Å². The molecule has 0 saturated heterocycles.